The summed E-state index contributed by atoms with van der Waals surface area (Å²) in [5.74, 6) is -0.0547. The van der Waals surface area contributed by atoms with Crippen molar-refractivity contribution in [3.8, 4) is 0 Å². The molecule has 4 heteroatoms. The molecule has 0 aliphatic carbocycles. The largest absolute Gasteiger partial charge is 0.395 e. The molecule has 122 valence electrons. The molecule has 0 heterocycles. The number of aliphatic hydroxyl groups excluding tert-OH is 1. The zero-order valence-electron chi connectivity index (χ0n) is 13.5. The standard InChI is InChI=1S/C19H24N2O2/c1-3-10-21(11-12-22)14-19(23)20-15(2)17-9-8-16-6-4-5-7-18(16)13-17/h3-9,13,15,22H,1,10-12,14H2,2H3,(H,20,23). The molecule has 4 nitrogen and oxygen atoms in total. The van der Waals surface area contributed by atoms with Crippen molar-refractivity contribution in [3.63, 3.8) is 0 Å². The van der Waals surface area contributed by atoms with Gasteiger partial charge in [-0.25, -0.2) is 0 Å². The van der Waals surface area contributed by atoms with Gasteiger partial charge >= 0.3 is 0 Å². The van der Waals surface area contributed by atoms with Gasteiger partial charge in [0.2, 0.25) is 5.91 Å². The number of hydrogen-bond donors (Lipinski definition) is 2. The molecule has 0 saturated carbocycles. The van der Waals surface area contributed by atoms with Crippen LogP contribution in [0, 0.1) is 0 Å². The van der Waals surface area contributed by atoms with E-state index in [0.29, 0.717) is 13.1 Å². The van der Waals surface area contributed by atoms with Crippen LogP contribution >= 0.6 is 0 Å². The third-order valence-electron chi connectivity index (χ3n) is 3.82. The van der Waals surface area contributed by atoms with Crippen molar-refractivity contribution in [3.05, 3.63) is 60.7 Å². The molecule has 0 saturated heterocycles. The lowest BCUT2D eigenvalue weighted by molar-refractivity contribution is -0.122. The molecule has 0 spiro atoms. The summed E-state index contributed by atoms with van der Waals surface area (Å²) >= 11 is 0. The second kappa shape index (κ2) is 8.46. The number of nitrogens with zero attached hydrogens (tertiary/aromatic N) is 1. The molecular weight excluding hydrogens is 288 g/mol. The van der Waals surface area contributed by atoms with Gasteiger partial charge in [0, 0.05) is 13.1 Å². The van der Waals surface area contributed by atoms with Gasteiger partial charge < -0.3 is 10.4 Å². The zero-order chi connectivity index (χ0) is 16.7. The Hall–Kier alpha value is -2.17. The second-order valence-corrected chi connectivity index (χ2v) is 5.64. The minimum atomic E-state index is -0.0631. The van der Waals surface area contributed by atoms with E-state index in [0.717, 1.165) is 5.56 Å². The Balaban J connectivity index is 2.00. The van der Waals surface area contributed by atoms with E-state index < -0.39 is 0 Å². The average molecular weight is 312 g/mol. The van der Waals surface area contributed by atoms with Crippen LogP contribution in [0.15, 0.2) is 55.1 Å². The quantitative estimate of drug-likeness (QED) is 0.736. The first-order valence-electron chi connectivity index (χ1n) is 7.86. The van der Waals surface area contributed by atoms with Gasteiger partial charge in [0.25, 0.3) is 0 Å². The molecule has 2 N–H and O–H groups in total. The Bertz CT molecular complexity index is 669. The van der Waals surface area contributed by atoms with Gasteiger partial charge in [-0.2, -0.15) is 0 Å². The Kier molecular flexibility index (Phi) is 6.32. The summed E-state index contributed by atoms with van der Waals surface area (Å²) < 4.78 is 0. The molecule has 0 fully saturated rings. The van der Waals surface area contributed by atoms with E-state index in [9.17, 15) is 4.79 Å². The number of rotatable bonds is 8. The highest BCUT2D eigenvalue weighted by atomic mass is 16.3. The third-order valence-corrected chi connectivity index (χ3v) is 3.82. The number of carbonyl (C=O) groups is 1. The normalized spacial score (nSPS) is 12.3. The van der Waals surface area contributed by atoms with E-state index >= 15 is 0 Å². The van der Waals surface area contributed by atoms with Crippen molar-refractivity contribution in [2.45, 2.75) is 13.0 Å². The van der Waals surface area contributed by atoms with E-state index in [1.165, 1.54) is 10.8 Å². The maximum Gasteiger partial charge on any atom is 0.234 e. The number of amides is 1. The molecule has 23 heavy (non-hydrogen) atoms. The van der Waals surface area contributed by atoms with Crippen LogP contribution in [0.2, 0.25) is 0 Å². The highest BCUT2D eigenvalue weighted by Gasteiger charge is 2.13. The highest BCUT2D eigenvalue weighted by Crippen LogP contribution is 2.20. The maximum atomic E-state index is 12.2. The summed E-state index contributed by atoms with van der Waals surface area (Å²) in [4.78, 5) is 14.0. The molecule has 2 aromatic carbocycles. The van der Waals surface area contributed by atoms with Crippen LogP contribution in [0.4, 0.5) is 0 Å². The van der Waals surface area contributed by atoms with Gasteiger partial charge in [-0.1, -0.05) is 42.5 Å². The van der Waals surface area contributed by atoms with Gasteiger partial charge in [-0.3, -0.25) is 9.69 Å². The molecule has 0 aliphatic heterocycles. The lowest BCUT2D eigenvalue weighted by atomic mass is 10.0. The summed E-state index contributed by atoms with van der Waals surface area (Å²) in [6.45, 7) is 6.98. The minimum Gasteiger partial charge on any atom is -0.395 e. The van der Waals surface area contributed by atoms with E-state index in [1.54, 1.807) is 6.08 Å². The molecule has 1 amide bonds. The van der Waals surface area contributed by atoms with Crippen molar-refractivity contribution in [1.82, 2.24) is 10.2 Å². The van der Waals surface area contributed by atoms with Crippen molar-refractivity contribution in [1.29, 1.82) is 0 Å². The fraction of sp³-hybridized carbons (Fsp3) is 0.316. The first kappa shape index (κ1) is 17.2. The number of benzene rings is 2. The Morgan fingerprint density at radius 2 is 2.04 bits per heavy atom. The predicted octanol–water partition coefficient (Wildman–Crippen LogP) is 2.50. The van der Waals surface area contributed by atoms with Crippen LogP contribution in [0.25, 0.3) is 10.8 Å². The molecule has 0 bridgehead atoms. The number of aliphatic hydroxyl groups is 1. The molecule has 2 aromatic rings. The van der Waals surface area contributed by atoms with Gasteiger partial charge in [-0.15, -0.1) is 6.58 Å². The Morgan fingerprint density at radius 1 is 1.30 bits per heavy atom. The van der Waals surface area contributed by atoms with Crippen LogP contribution in [-0.2, 0) is 4.79 Å². The maximum absolute atomic E-state index is 12.2. The minimum absolute atomic E-state index is 0.0291. The second-order valence-electron chi connectivity index (χ2n) is 5.64. The summed E-state index contributed by atoms with van der Waals surface area (Å²) in [6, 6.07) is 14.3. The van der Waals surface area contributed by atoms with Crippen LogP contribution in [0.3, 0.4) is 0 Å². The summed E-state index contributed by atoms with van der Waals surface area (Å²) in [5, 5.41) is 14.4. The lowest BCUT2D eigenvalue weighted by Gasteiger charge is -2.21. The average Bonchev–Trinajstić information content (AvgIpc) is 2.54. The number of fused-ring (bicyclic) bond motifs is 1. The molecule has 1 atom stereocenters. The molecule has 0 aromatic heterocycles. The van der Waals surface area contributed by atoms with Crippen LogP contribution < -0.4 is 5.32 Å². The molecule has 1 unspecified atom stereocenters. The first-order chi connectivity index (χ1) is 11.1. The SMILES string of the molecule is C=CCN(CCO)CC(=O)NC(C)c1ccc2ccccc2c1. The number of hydrogen-bond acceptors (Lipinski definition) is 3. The molecule has 0 radical (unpaired) electrons. The predicted molar refractivity (Wildman–Crippen MR) is 94.2 cm³/mol. The van der Waals surface area contributed by atoms with Crippen molar-refractivity contribution < 1.29 is 9.90 Å². The number of nitrogens with one attached hydrogen (secondary N) is 1. The van der Waals surface area contributed by atoms with E-state index in [-0.39, 0.29) is 25.1 Å². The zero-order valence-corrected chi connectivity index (χ0v) is 13.5. The molecule has 2 rings (SSSR count). The summed E-state index contributed by atoms with van der Waals surface area (Å²) in [6.07, 6.45) is 1.73. The lowest BCUT2D eigenvalue weighted by Crippen LogP contribution is -2.39. The van der Waals surface area contributed by atoms with Gasteiger partial charge in [0.1, 0.15) is 0 Å². The third kappa shape index (κ3) is 4.91. The van der Waals surface area contributed by atoms with Crippen molar-refractivity contribution in [2.75, 3.05) is 26.2 Å². The summed E-state index contributed by atoms with van der Waals surface area (Å²) in [5.41, 5.74) is 1.08. The van der Waals surface area contributed by atoms with Gasteiger partial charge in [0.05, 0.1) is 19.2 Å². The molecule has 0 aliphatic rings. The van der Waals surface area contributed by atoms with Crippen molar-refractivity contribution in [2.24, 2.45) is 0 Å². The van der Waals surface area contributed by atoms with Crippen LogP contribution in [0.1, 0.15) is 18.5 Å². The van der Waals surface area contributed by atoms with E-state index in [2.05, 4.69) is 36.2 Å². The highest BCUT2D eigenvalue weighted by molar-refractivity contribution is 5.83. The van der Waals surface area contributed by atoms with Crippen LogP contribution in [-0.4, -0.2) is 42.2 Å². The van der Waals surface area contributed by atoms with Crippen LogP contribution in [0.5, 0.6) is 0 Å². The summed E-state index contributed by atoms with van der Waals surface area (Å²) in [7, 11) is 0. The van der Waals surface area contributed by atoms with E-state index in [1.807, 2.05) is 30.0 Å². The number of carbonyl (C=O) groups excluding carboxylic acids is 1. The van der Waals surface area contributed by atoms with E-state index in [4.69, 9.17) is 5.11 Å². The fourth-order valence-electron chi connectivity index (χ4n) is 2.61. The van der Waals surface area contributed by atoms with Gasteiger partial charge in [-0.05, 0) is 29.3 Å². The monoisotopic (exact) mass is 312 g/mol. The first-order valence-corrected chi connectivity index (χ1v) is 7.86. The topological polar surface area (TPSA) is 52.6 Å². The fourth-order valence-corrected chi connectivity index (χ4v) is 2.61. The smallest absolute Gasteiger partial charge is 0.234 e. The van der Waals surface area contributed by atoms with Crippen molar-refractivity contribution >= 4 is 16.7 Å². The molecular formula is C19H24N2O2. The van der Waals surface area contributed by atoms with Gasteiger partial charge in [0.15, 0.2) is 0 Å². The Labute approximate surface area is 137 Å². The Morgan fingerprint density at radius 3 is 2.74 bits per heavy atom.